The van der Waals surface area contributed by atoms with E-state index in [0.29, 0.717) is 6.54 Å². The predicted molar refractivity (Wildman–Crippen MR) is 102 cm³/mol. The van der Waals surface area contributed by atoms with Crippen molar-refractivity contribution in [3.05, 3.63) is 59.0 Å². The van der Waals surface area contributed by atoms with E-state index in [1.807, 2.05) is 13.0 Å². The van der Waals surface area contributed by atoms with Crippen LogP contribution in [0.4, 0.5) is 0 Å². The summed E-state index contributed by atoms with van der Waals surface area (Å²) in [4.78, 5) is 4.31. The highest BCUT2D eigenvalue weighted by atomic mass is 32.2. The Morgan fingerprint density at radius 3 is 2.88 bits per heavy atom. The molecule has 3 rings (SSSR count). The minimum absolute atomic E-state index is 0.194. The SMILES string of the molecule is CC(CNCCc1ccsc1)NS(=O)(=O)c1ccc2cnccc2c1. The van der Waals surface area contributed by atoms with Crippen LogP contribution in [0.25, 0.3) is 10.8 Å². The van der Waals surface area contributed by atoms with Crippen molar-refractivity contribution in [3.8, 4) is 0 Å². The highest BCUT2D eigenvalue weighted by Crippen LogP contribution is 2.18. The second kappa shape index (κ2) is 8.05. The van der Waals surface area contributed by atoms with Crippen molar-refractivity contribution in [2.45, 2.75) is 24.3 Å². The van der Waals surface area contributed by atoms with Gasteiger partial charge in [-0.3, -0.25) is 4.98 Å². The molecule has 0 radical (unpaired) electrons. The zero-order valence-electron chi connectivity index (χ0n) is 14.0. The molecule has 25 heavy (non-hydrogen) atoms. The highest BCUT2D eigenvalue weighted by molar-refractivity contribution is 7.89. The van der Waals surface area contributed by atoms with E-state index in [0.717, 1.165) is 23.7 Å². The monoisotopic (exact) mass is 375 g/mol. The van der Waals surface area contributed by atoms with Gasteiger partial charge in [-0.2, -0.15) is 11.3 Å². The first-order chi connectivity index (χ1) is 12.0. The maximum atomic E-state index is 12.6. The van der Waals surface area contributed by atoms with E-state index in [1.54, 1.807) is 41.9 Å². The second-order valence-electron chi connectivity index (χ2n) is 5.99. The van der Waals surface area contributed by atoms with E-state index >= 15 is 0 Å². The molecule has 3 aromatic rings. The summed E-state index contributed by atoms with van der Waals surface area (Å²) in [6, 6.07) is 8.79. The molecule has 132 valence electrons. The number of hydrogen-bond acceptors (Lipinski definition) is 5. The van der Waals surface area contributed by atoms with E-state index in [4.69, 9.17) is 0 Å². The Kier molecular flexibility index (Phi) is 5.80. The Balaban J connectivity index is 1.56. The lowest BCUT2D eigenvalue weighted by molar-refractivity contribution is 0.537. The summed E-state index contributed by atoms with van der Waals surface area (Å²) in [5, 5.41) is 9.27. The van der Waals surface area contributed by atoms with Crippen LogP contribution in [0, 0.1) is 0 Å². The van der Waals surface area contributed by atoms with Gasteiger partial charge in [0, 0.05) is 30.4 Å². The van der Waals surface area contributed by atoms with Crippen molar-refractivity contribution >= 4 is 32.1 Å². The summed E-state index contributed by atoms with van der Waals surface area (Å²) in [5.41, 5.74) is 1.30. The Morgan fingerprint density at radius 2 is 2.08 bits per heavy atom. The summed E-state index contributed by atoms with van der Waals surface area (Å²) in [6.07, 6.45) is 4.33. The average Bonchev–Trinajstić information content (AvgIpc) is 3.11. The molecule has 1 aromatic carbocycles. The van der Waals surface area contributed by atoms with Crippen LogP contribution in [0.1, 0.15) is 12.5 Å². The van der Waals surface area contributed by atoms with Crippen LogP contribution in [0.5, 0.6) is 0 Å². The number of hydrogen-bond donors (Lipinski definition) is 2. The number of nitrogens with zero attached hydrogens (tertiary/aromatic N) is 1. The molecule has 7 heteroatoms. The van der Waals surface area contributed by atoms with Gasteiger partial charge in [-0.05, 0) is 65.9 Å². The molecule has 5 nitrogen and oxygen atoms in total. The van der Waals surface area contributed by atoms with Crippen LogP contribution in [0.3, 0.4) is 0 Å². The lowest BCUT2D eigenvalue weighted by Crippen LogP contribution is -2.40. The number of benzene rings is 1. The van der Waals surface area contributed by atoms with Crippen LogP contribution in [-0.4, -0.2) is 32.5 Å². The number of rotatable bonds is 8. The Bertz CT molecular complexity index is 924. The van der Waals surface area contributed by atoms with Crippen LogP contribution in [0.2, 0.25) is 0 Å². The summed E-state index contributed by atoms with van der Waals surface area (Å²) in [7, 11) is -3.54. The first kappa shape index (κ1) is 18.0. The van der Waals surface area contributed by atoms with Crippen LogP contribution in [0.15, 0.2) is 58.4 Å². The maximum Gasteiger partial charge on any atom is 0.240 e. The van der Waals surface area contributed by atoms with Crippen molar-refractivity contribution in [3.63, 3.8) is 0 Å². The van der Waals surface area contributed by atoms with Gasteiger partial charge in [0.15, 0.2) is 0 Å². The lowest BCUT2D eigenvalue weighted by Gasteiger charge is -2.15. The predicted octanol–water partition coefficient (Wildman–Crippen LogP) is 2.80. The van der Waals surface area contributed by atoms with Gasteiger partial charge in [0.25, 0.3) is 0 Å². The number of nitrogens with one attached hydrogen (secondary N) is 2. The standard InChI is InChI=1S/C18H21N3O2S2/c1-14(11-19-7-4-15-6-9-24-13-15)21-25(22,23)18-3-2-17-12-20-8-5-16(17)10-18/h2-3,5-6,8-10,12-14,19,21H,4,7,11H2,1H3. The quantitative estimate of drug-likeness (QED) is 0.594. The molecule has 0 amide bonds. The highest BCUT2D eigenvalue weighted by Gasteiger charge is 2.17. The molecule has 0 spiro atoms. The molecule has 2 N–H and O–H groups in total. The van der Waals surface area contributed by atoms with Crippen LogP contribution < -0.4 is 10.0 Å². The lowest BCUT2D eigenvalue weighted by atomic mass is 10.2. The van der Waals surface area contributed by atoms with E-state index in [1.165, 1.54) is 5.56 Å². The molecule has 2 aromatic heterocycles. The third-order valence-corrected chi connectivity index (χ3v) is 6.22. The van der Waals surface area contributed by atoms with E-state index in [-0.39, 0.29) is 10.9 Å². The number of fused-ring (bicyclic) bond motifs is 1. The van der Waals surface area contributed by atoms with Crippen LogP contribution >= 0.6 is 11.3 Å². The molecule has 0 saturated carbocycles. The Hall–Kier alpha value is -1.80. The molecular formula is C18H21N3O2S2. The fraction of sp³-hybridized carbons (Fsp3) is 0.278. The van der Waals surface area contributed by atoms with Gasteiger partial charge in [-0.1, -0.05) is 6.07 Å². The smallest absolute Gasteiger partial charge is 0.240 e. The van der Waals surface area contributed by atoms with Crippen molar-refractivity contribution < 1.29 is 8.42 Å². The second-order valence-corrected chi connectivity index (χ2v) is 8.49. The largest absolute Gasteiger partial charge is 0.315 e. The molecular weight excluding hydrogens is 354 g/mol. The first-order valence-electron chi connectivity index (χ1n) is 8.12. The summed E-state index contributed by atoms with van der Waals surface area (Å²) < 4.78 is 27.8. The minimum atomic E-state index is -3.54. The molecule has 0 aliphatic rings. The third-order valence-electron chi connectivity index (χ3n) is 3.90. The van der Waals surface area contributed by atoms with E-state index < -0.39 is 10.0 Å². The van der Waals surface area contributed by atoms with Crippen molar-refractivity contribution in [2.24, 2.45) is 0 Å². The summed E-state index contributed by atoms with van der Waals surface area (Å²) in [6.45, 7) is 3.27. The number of aromatic nitrogens is 1. The molecule has 2 heterocycles. The van der Waals surface area contributed by atoms with Gasteiger partial charge in [0.2, 0.25) is 10.0 Å². The molecule has 0 aliphatic carbocycles. The number of thiophene rings is 1. The third kappa shape index (κ3) is 4.85. The van der Waals surface area contributed by atoms with Crippen LogP contribution in [-0.2, 0) is 16.4 Å². The molecule has 1 unspecified atom stereocenters. The fourth-order valence-electron chi connectivity index (χ4n) is 2.59. The fourth-order valence-corrected chi connectivity index (χ4v) is 4.57. The maximum absolute atomic E-state index is 12.6. The zero-order valence-corrected chi connectivity index (χ0v) is 15.6. The number of sulfonamides is 1. The van der Waals surface area contributed by atoms with Crippen molar-refractivity contribution in [1.29, 1.82) is 0 Å². The van der Waals surface area contributed by atoms with E-state index in [2.05, 4.69) is 31.8 Å². The van der Waals surface area contributed by atoms with Gasteiger partial charge in [-0.25, -0.2) is 13.1 Å². The van der Waals surface area contributed by atoms with Gasteiger partial charge in [-0.15, -0.1) is 0 Å². The van der Waals surface area contributed by atoms with E-state index in [9.17, 15) is 8.42 Å². The van der Waals surface area contributed by atoms with Gasteiger partial charge in [0.1, 0.15) is 0 Å². The normalized spacial score (nSPS) is 13.2. The Labute approximate surface area is 152 Å². The van der Waals surface area contributed by atoms with Gasteiger partial charge < -0.3 is 5.32 Å². The molecule has 0 fully saturated rings. The van der Waals surface area contributed by atoms with Gasteiger partial charge in [0.05, 0.1) is 4.90 Å². The summed E-state index contributed by atoms with van der Waals surface area (Å²) >= 11 is 1.69. The van der Waals surface area contributed by atoms with Crippen molar-refractivity contribution in [2.75, 3.05) is 13.1 Å². The average molecular weight is 376 g/mol. The van der Waals surface area contributed by atoms with Crippen molar-refractivity contribution in [1.82, 2.24) is 15.0 Å². The Morgan fingerprint density at radius 1 is 1.20 bits per heavy atom. The molecule has 0 aliphatic heterocycles. The molecule has 0 saturated heterocycles. The molecule has 0 bridgehead atoms. The molecule has 1 atom stereocenters. The number of pyridine rings is 1. The van der Waals surface area contributed by atoms with Gasteiger partial charge >= 0.3 is 0 Å². The first-order valence-corrected chi connectivity index (χ1v) is 10.5. The zero-order chi connectivity index (χ0) is 17.7. The topological polar surface area (TPSA) is 71.1 Å². The summed E-state index contributed by atoms with van der Waals surface area (Å²) in [5.74, 6) is 0. The minimum Gasteiger partial charge on any atom is -0.315 e.